The lowest BCUT2D eigenvalue weighted by Gasteiger charge is -2.05. The SMILES string of the molecule is C=CC(=O)Nc1cccc(-n2cc(I)c(Cl)n2)c1. The van der Waals surface area contributed by atoms with Gasteiger partial charge in [0.2, 0.25) is 5.91 Å². The van der Waals surface area contributed by atoms with E-state index in [1.54, 1.807) is 16.8 Å². The summed E-state index contributed by atoms with van der Waals surface area (Å²) in [6, 6.07) is 7.31. The van der Waals surface area contributed by atoms with E-state index in [-0.39, 0.29) is 5.91 Å². The number of benzene rings is 1. The van der Waals surface area contributed by atoms with Gasteiger partial charge in [-0.05, 0) is 46.9 Å². The second-order valence-corrected chi connectivity index (χ2v) is 4.98. The van der Waals surface area contributed by atoms with E-state index in [4.69, 9.17) is 11.6 Å². The van der Waals surface area contributed by atoms with Crippen molar-refractivity contribution in [2.75, 3.05) is 5.32 Å². The van der Waals surface area contributed by atoms with Crippen molar-refractivity contribution < 1.29 is 4.79 Å². The van der Waals surface area contributed by atoms with Gasteiger partial charge in [0.1, 0.15) is 0 Å². The van der Waals surface area contributed by atoms with Crippen molar-refractivity contribution in [1.82, 2.24) is 9.78 Å². The van der Waals surface area contributed by atoms with E-state index < -0.39 is 0 Å². The summed E-state index contributed by atoms with van der Waals surface area (Å²) in [6.45, 7) is 3.40. The summed E-state index contributed by atoms with van der Waals surface area (Å²) in [5.41, 5.74) is 1.50. The predicted molar refractivity (Wildman–Crippen MR) is 80.1 cm³/mol. The van der Waals surface area contributed by atoms with Crippen LogP contribution in [0.15, 0.2) is 43.1 Å². The van der Waals surface area contributed by atoms with Crippen LogP contribution in [0.4, 0.5) is 5.69 Å². The minimum atomic E-state index is -0.250. The first-order chi connectivity index (χ1) is 8.60. The van der Waals surface area contributed by atoms with Crippen molar-refractivity contribution >= 4 is 45.8 Å². The monoisotopic (exact) mass is 373 g/mol. The van der Waals surface area contributed by atoms with Crippen LogP contribution in [0, 0.1) is 3.57 Å². The largest absolute Gasteiger partial charge is 0.322 e. The fourth-order valence-corrected chi connectivity index (χ4v) is 1.89. The first-order valence-electron chi connectivity index (χ1n) is 5.04. The molecule has 0 fully saturated rings. The van der Waals surface area contributed by atoms with E-state index in [0.717, 1.165) is 9.26 Å². The molecule has 1 aromatic carbocycles. The molecule has 1 amide bonds. The molecule has 0 saturated heterocycles. The first kappa shape index (κ1) is 13.1. The van der Waals surface area contributed by atoms with Crippen molar-refractivity contribution in [3.8, 4) is 5.69 Å². The minimum Gasteiger partial charge on any atom is -0.322 e. The van der Waals surface area contributed by atoms with Crippen molar-refractivity contribution in [2.24, 2.45) is 0 Å². The van der Waals surface area contributed by atoms with Crippen LogP contribution in [0.3, 0.4) is 0 Å². The highest BCUT2D eigenvalue weighted by Gasteiger charge is 2.06. The van der Waals surface area contributed by atoms with E-state index in [9.17, 15) is 4.79 Å². The molecule has 18 heavy (non-hydrogen) atoms. The Morgan fingerprint density at radius 3 is 2.94 bits per heavy atom. The van der Waals surface area contributed by atoms with E-state index in [0.29, 0.717) is 10.8 Å². The molecule has 0 aliphatic rings. The highest BCUT2D eigenvalue weighted by atomic mass is 127. The third kappa shape index (κ3) is 2.91. The Labute approximate surface area is 123 Å². The van der Waals surface area contributed by atoms with Crippen molar-refractivity contribution in [2.45, 2.75) is 0 Å². The lowest BCUT2D eigenvalue weighted by molar-refractivity contribution is -0.111. The Morgan fingerprint density at radius 2 is 2.33 bits per heavy atom. The molecule has 0 saturated carbocycles. The van der Waals surface area contributed by atoms with Crippen molar-refractivity contribution in [3.05, 3.63) is 51.8 Å². The highest BCUT2D eigenvalue weighted by molar-refractivity contribution is 14.1. The van der Waals surface area contributed by atoms with Gasteiger partial charge in [0.25, 0.3) is 0 Å². The number of hydrogen-bond acceptors (Lipinski definition) is 2. The number of hydrogen-bond donors (Lipinski definition) is 1. The van der Waals surface area contributed by atoms with Gasteiger partial charge in [-0.3, -0.25) is 4.79 Å². The standard InChI is InChI=1S/C12H9ClIN3O/c1-2-11(18)15-8-4-3-5-9(6-8)17-7-10(14)12(13)16-17/h2-7H,1H2,(H,15,18). The lowest BCUT2D eigenvalue weighted by Crippen LogP contribution is -2.07. The van der Waals surface area contributed by atoms with Gasteiger partial charge < -0.3 is 5.32 Å². The number of nitrogens with zero attached hydrogens (tertiary/aromatic N) is 2. The number of halogens is 2. The van der Waals surface area contributed by atoms with Crippen LogP contribution < -0.4 is 5.32 Å². The lowest BCUT2D eigenvalue weighted by atomic mass is 10.2. The minimum absolute atomic E-state index is 0.250. The molecule has 2 rings (SSSR count). The normalized spacial score (nSPS) is 10.1. The molecule has 1 N–H and O–H groups in total. The maximum Gasteiger partial charge on any atom is 0.247 e. The smallest absolute Gasteiger partial charge is 0.247 e. The molecule has 4 nitrogen and oxygen atoms in total. The summed E-state index contributed by atoms with van der Waals surface area (Å²) in [6.07, 6.45) is 3.04. The van der Waals surface area contributed by atoms with Gasteiger partial charge in [-0.15, -0.1) is 0 Å². The van der Waals surface area contributed by atoms with Gasteiger partial charge in [0.15, 0.2) is 5.15 Å². The topological polar surface area (TPSA) is 46.9 Å². The third-order valence-electron chi connectivity index (χ3n) is 2.19. The zero-order valence-corrected chi connectivity index (χ0v) is 12.1. The van der Waals surface area contributed by atoms with Crippen LogP contribution in [0.1, 0.15) is 0 Å². The second-order valence-electron chi connectivity index (χ2n) is 3.46. The van der Waals surface area contributed by atoms with Gasteiger partial charge in [-0.2, -0.15) is 5.10 Å². The molecular formula is C12H9ClIN3O. The average Bonchev–Trinajstić information content (AvgIpc) is 2.70. The number of anilines is 1. The van der Waals surface area contributed by atoms with Crippen LogP contribution in [0.5, 0.6) is 0 Å². The summed E-state index contributed by atoms with van der Waals surface area (Å²) >= 11 is 8.01. The summed E-state index contributed by atoms with van der Waals surface area (Å²) in [5, 5.41) is 7.31. The highest BCUT2D eigenvalue weighted by Crippen LogP contribution is 2.20. The Balaban J connectivity index is 2.32. The quantitative estimate of drug-likeness (QED) is 0.663. The maximum atomic E-state index is 11.2. The molecule has 2 aromatic rings. The van der Waals surface area contributed by atoms with Crippen LogP contribution >= 0.6 is 34.2 Å². The molecular weight excluding hydrogens is 365 g/mol. The molecule has 0 spiro atoms. The van der Waals surface area contributed by atoms with Gasteiger partial charge >= 0.3 is 0 Å². The summed E-state index contributed by atoms with van der Waals surface area (Å²) in [5.74, 6) is -0.250. The number of amides is 1. The molecule has 1 heterocycles. The van der Waals surface area contributed by atoms with Gasteiger partial charge in [-0.1, -0.05) is 24.2 Å². The molecule has 0 aliphatic carbocycles. The Morgan fingerprint density at radius 1 is 1.56 bits per heavy atom. The summed E-state index contributed by atoms with van der Waals surface area (Å²) in [7, 11) is 0. The number of carbonyl (C=O) groups excluding carboxylic acids is 1. The summed E-state index contributed by atoms with van der Waals surface area (Å²) < 4.78 is 2.53. The average molecular weight is 374 g/mol. The van der Waals surface area contributed by atoms with E-state index in [1.807, 2.05) is 18.3 Å². The number of aromatic nitrogens is 2. The molecule has 0 unspecified atom stereocenters. The molecule has 92 valence electrons. The van der Waals surface area contributed by atoms with Gasteiger partial charge in [0, 0.05) is 11.9 Å². The molecule has 0 radical (unpaired) electrons. The molecule has 0 aliphatic heterocycles. The molecule has 6 heteroatoms. The Bertz CT molecular complexity index is 590. The van der Waals surface area contributed by atoms with Crippen molar-refractivity contribution in [3.63, 3.8) is 0 Å². The van der Waals surface area contributed by atoms with E-state index >= 15 is 0 Å². The first-order valence-corrected chi connectivity index (χ1v) is 6.50. The van der Waals surface area contributed by atoms with Gasteiger partial charge in [0.05, 0.1) is 9.26 Å². The third-order valence-corrected chi connectivity index (χ3v) is 3.58. The Hall–Kier alpha value is -1.34. The summed E-state index contributed by atoms with van der Waals surface area (Å²) in [4.78, 5) is 11.2. The molecule has 0 bridgehead atoms. The van der Waals surface area contributed by atoms with Crippen molar-refractivity contribution in [1.29, 1.82) is 0 Å². The predicted octanol–water partition coefficient (Wildman–Crippen LogP) is 3.25. The zero-order valence-electron chi connectivity index (χ0n) is 9.23. The van der Waals surface area contributed by atoms with Crippen LogP contribution in [0.25, 0.3) is 5.69 Å². The molecule has 1 aromatic heterocycles. The molecule has 0 atom stereocenters. The maximum absolute atomic E-state index is 11.2. The van der Waals surface area contributed by atoms with Gasteiger partial charge in [-0.25, -0.2) is 4.68 Å². The second kappa shape index (κ2) is 5.53. The number of nitrogens with one attached hydrogen (secondary N) is 1. The fraction of sp³-hybridized carbons (Fsp3) is 0. The van der Waals surface area contributed by atoms with Crippen LogP contribution in [0.2, 0.25) is 5.15 Å². The van der Waals surface area contributed by atoms with E-state index in [2.05, 4.69) is 39.6 Å². The number of carbonyl (C=O) groups is 1. The van der Waals surface area contributed by atoms with Crippen LogP contribution in [-0.4, -0.2) is 15.7 Å². The zero-order chi connectivity index (χ0) is 13.1. The van der Waals surface area contributed by atoms with Crippen LogP contribution in [-0.2, 0) is 4.79 Å². The Kier molecular flexibility index (Phi) is 4.03. The van der Waals surface area contributed by atoms with E-state index in [1.165, 1.54) is 6.08 Å². The fourth-order valence-electron chi connectivity index (χ4n) is 1.38. The number of rotatable bonds is 3.